The highest BCUT2D eigenvalue weighted by Gasteiger charge is 2.91. The minimum Gasteiger partial charge on any atom is -0.464 e. The molecule has 288 valence electrons. The van der Waals surface area contributed by atoms with Crippen molar-refractivity contribution in [1.29, 1.82) is 0 Å². The first-order valence-corrected chi connectivity index (χ1v) is 18.4. The van der Waals surface area contributed by atoms with Crippen LogP contribution in [0, 0.1) is 5.92 Å². The molecule has 16 nitrogen and oxygen atoms in total. The summed E-state index contributed by atoms with van der Waals surface area (Å²) in [6.07, 6.45) is -6.10. The van der Waals surface area contributed by atoms with Crippen molar-refractivity contribution in [3.8, 4) is 5.75 Å². The first-order chi connectivity index (χ1) is 24.9. The van der Waals surface area contributed by atoms with Gasteiger partial charge in [-0.05, 0) is 70.0 Å². The number of hydrogen-bond donors (Lipinski definition) is 2. The second-order valence-electron chi connectivity index (χ2n) is 13.5. The highest BCUT2D eigenvalue weighted by molar-refractivity contribution is 7.52. The fourth-order valence-electron chi connectivity index (χ4n) is 7.06. The van der Waals surface area contributed by atoms with E-state index in [0.29, 0.717) is 24.1 Å². The van der Waals surface area contributed by atoms with E-state index in [0.717, 1.165) is 13.8 Å². The molecule has 20 heteroatoms. The summed E-state index contributed by atoms with van der Waals surface area (Å²) < 4.78 is 90.0. The first kappa shape index (κ1) is 38.4. The van der Waals surface area contributed by atoms with Crippen molar-refractivity contribution in [2.45, 2.75) is 82.3 Å². The maximum absolute atomic E-state index is 14.7. The highest BCUT2D eigenvalue weighted by Crippen LogP contribution is 2.70. The fourth-order valence-corrected chi connectivity index (χ4v) is 8.83. The second-order valence-corrected chi connectivity index (χ2v) is 15.1. The maximum atomic E-state index is 14.7. The van der Waals surface area contributed by atoms with E-state index in [1.165, 1.54) is 41.7 Å². The van der Waals surface area contributed by atoms with Gasteiger partial charge in [0, 0.05) is 13.8 Å². The van der Waals surface area contributed by atoms with Gasteiger partial charge in [-0.3, -0.25) is 23.8 Å². The number of nitrogens with one attached hydrogen (secondary N) is 1. The lowest BCUT2D eigenvalue weighted by molar-refractivity contribution is -0.174. The van der Waals surface area contributed by atoms with E-state index in [1.54, 1.807) is 30.3 Å². The van der Waals surface area contributed by atoms with Crippen molar-refractivity contribution in [3.05, 3.63) is 54.5 Å². The number of halogens is 3. The van der Waals surface area contributed by atoms with Crippen molar-refractivity contribution < 1.29 is 60.1 Å². The molecule has 6 rings (SSSR count). The number of aromatic nitrogens is 3. The Kier molecular flexibility index (Phi) is 10.5. The standard InChI is InChI=1S/C33H40F3N6O10P/c1-19(29(45)47-16-22-12-14-41(15-13-22)17-32(34,35)36)40-53(46,51-23-8-6-5-7-9-23)52-30-31(4)33(30,49-21(3)44)27(48-20(2)43)26(50-31)24-10-11-25-28(37)38-18-39-42(24)25/h5-11,18-19,22,26-27,30H,12-17H2,1-4H3,(H,40,46)(H2,37,38,39)/t19-,26-,27-,30?,31+,33+,53-/m0/s1. The number of alkyl halides is 3. The van der Waals surface area contributed by atoms with Crippen LogP contribution >= 0.6 is 7.75 Å². The van der Waals surface area contributed by atoms with Crippen LogP contribution < -0.4 is 15.3 Å². The Morgan fingerprint density at radius 3 is 2.45 bits per heavy atom. The molecule has 3 fully saturated rings. The lowest BCUT2D eigenvalue weighted by Crippen LogP contribution is -2.43. The number of nitrogens with two attached hydrogens (primary N) is 1. The van der Waals surface area contributed by atoms with E-state index in [1.807, 2.05) is 0 Å². The molecular weight excluding hydrogens is 728 g/mol. The summed E-state index contributed by atoms with van der Waals surface area (Å²) in [4.78, 5) is 43.6. The van der Waals surface area contributed by atoms with Crippen LogP contribution in [0.3, 0.4) is 0 Å². The second kappa shape index (κ2) is 14.5. The van der Waals surface area contributed by atoms with E-state index in [-0.39, 0.29) is 37.2 Å². The van der Waals surface area contributed by atoms with Crippen molar-refractivity contribution in [2.75, 3.05) is 32.0 Å². The third-order valence-corrected chi connectivity index (χ3v) is 11.2. The Hall–Kier alpha value is -4.29. The minimum atomic E-state index is -4.62. The summed E-state index contributed by atoms with van der Waals surface area (Å²) in [5, 5.41) is 6.85. The quantitative estimate of drug-likeness (QED) is 0.145. The molecule has 53 heavy (non-hydrogen) atoms. The van der Waals surface area contributed by atoms with Crippen molar-refractivity contribution in [2.24, 2.45) is 5.92 Å². The van der Waals surface area contributed by atoms with Gasteiger partial charge in [0.25, 0.3) is 0 Å². The average Bonchev–Trinajstić information content (AvgIpc) is 3.34. The van der Waals surface area contributed by atoms with Gasteiger partial charge >= 0.3 is 31.8 Å². The molecule has 3 aliphatic rings. The maximum Gasteiger partial charge on any atom is 0.459 e. The van der Waals surface area contributed by atoms with E-state index >= 15 is 0 Å². The number of para-hydroxylation sites is 1. The Balaban J connectivity index is 1.22. The zero-order valence-corrected chi connectivity index (χ0v) is 30.2. The molecule has 1 aliphatic carbocycles. The van der Waals surface area contributed by atoms with Crippen molar-refractivity contribution in [1.82, 2.24) is 24.6 Å². The van der Waals surface area contributed by atoms with Crippen LogP contribution in [0.4, 0.5) is 19.0 Å². The van der Waals surface area contributed by atoms with Crippen LogP contribution in [-0.4, -0.2) is 99.3 Å². The lowest BCUT2D eigenvalue weighted by atomic mass is 9.98. The third-order valence-electron chi connectivity index (χ3n) is 9.55. The van der Waals surface area contributed by atoms with E-state index in [2.05, 4.69) is 15.2 Å². The van der Waals surface area contributed by atoms with Crippen LogP contribution in [0.5, 0.6) is 5.75 Å². The van der Waals surface area contributed by atoms with Gasteiger partial charge in [0.2, 0.25) is 5.60 Å². The van der Waals surface area contributed by atoms with Gasteiger partial charge in [-0.2, -0.15) is 23.4 Å². The van der Waals surface area contributed by atoms with Gasteiger partial charge in [-0.1, -0.05) is 18.2 Å². The molecule has 4 heterocycles. The first-order valence-electron chi connectivity index (χ1n) is 16.8. The molecule has 2 aromatic heterocycles. The fraction of sp³-hybridized carbons (Fsp3) is 0.545. The number of nitrogens with zero attached hydrogens (tertiary/aromatic N) is 4. The molecule has 1 aromatic carbocycles. The van der Waals surface area contributed by atoms with Gasteiger partial charge in [0.1, 0.15) is 41.4 Å². The highest BCUT2D eigenvalue weighted by atomic mass is 31.2. The van der Waals surface area contributed by atoms with Crippen LogP contribution in [0.1, 0.15) is 52.3 Å². The van der Waals surface area contributed by atoms with Crippen LogP contribution in [-0.2, 0) is 42.4 Å². The summed E-state index contributed by atoms with van der Waals surface area (Å²) in [6.45, 7) is 4.54. The smallest absolute Gasteiger partial charge is 0.459 e. The number of anilines is 1. The SMILES string of the molecule is CC(=O)O[C@H]1[C@H](c2ccc3c(N)ncnn23)O[C@]2(C)C(O[P@](=O)(N[C@@H](C)C(=O)OCC3CCN(CC(F)(F)F)CC3)Oc3ccccc3)[C@]12OC(C)=O. The molecule has 1 saturated carbocycles. The summed E-state index contributed by atoms with van der Waals surface area (Å²) >= 11 is 0. The molecule has 1 unspecified atom stereocenters. The number of esters is 3. The Bertz CT molecular complexity index is 1890. The number of piperidine rings is 1. The molecule has 3 aromatic rings. The van der Waals surface area contributed by atoms with E-state index < -0.39 is 73.9 Å². The number of benzene rings is 1. The van der Waals surface area contributed by atoms with Crippen LogP contribution in [0.15, 0.2) is 48.8 Å². The van der Waals surface area contributed by atoms with Gasteiger partial charge in [-0.15, -0.1) is 0 Å². The Labute approximate surface area is 301 Å². The third kappa shape index (κ3) is 7.85. The van der Waals surface area contributed by atoms with E-state index in [9.17, 15) is 32.1 Å². The summed E-state index contributed by atoms with van der Waals surface area (Å²) in [6, 6.07) is 9.92. The zero-order chi connectivity index (χ0) is 38.3. The molecule has 2 saturated heterocycles. The summed E-state index contributed by atoms with van der Waals surface area (Å²) in [5.41, 5.74) is 3.39. The zero-order valence-electron chi connectivity index (χ0n) is 29.3. The van der Waals surface area contributed by atoms with Crippen molar-refractivity contribution in [3.63, 3.8) is 0 Å². The van der Waals surface area contributed by atoms with Crippen LogP contribution in [0.25, 0.3) is 5.52 Å². The molecule has 0 bridgehead atoms. The molecule has 3 N–H and O–H groups in total. The topological polar surface area (TPSA) is 195 Å². The van der Waals surface area contributed by atoms with E-state index in [4.69, 9.17) is 33.7 Å². The summed E-state index contributed by atoms with van der Waals surface area (Å²) in [5.74, 6) is -2.26. The minimum absolute atomic E-state index is 0.0596. The Morgan fingerprint density at radius 2 is 1.81 bits per heavy atom. The number of ether oxygens (including phenoxy) is 4. The molecule has 7 atom stereocenters. The number of fused-ring (bicyclic) bond motifs is 2. The van der Waals surface area contributed by atoms with Gasteiger partial charge in [-0.25, -0.2) is 14.1 Å². The molecule has 0 spiro atoms. The number of rotatable bonds is 13. The monoisotopic (exact) mass is 768 g/mol. The number of carbonyl (C=O) groups excluding carboxylic acids is 3. The number of carbonyl (C=O) groups is 3. The van der Waals surface area contributed by atoms with Crippen molar-refractivity contribution >= 4 is 37.0 Å². The molecule has 0 radical (unpaired) electrons. The summed E-state index contributed by atoms with van der Waals surface area (Å²) in [7, 11) is -4.62. The van der Waals surface area contributed by atoms with Gasteiger partial charge in [0.15, 0.2) is 11.9 Å². The number of nitrogen functional groups attached to an aromatic ring is 1. The average molecular weight is 769 g/mol. The predicted octanol–water partition coefficient (Wildman–Crippen LogP) is 3.76. The lowest BCUT2D eigenvalue weighted by Gasteiger charge is -2.32. The number of likely N-dealkylation sites (tertiary alicyclic amines) is 1. The molecule has 0 amide bonds. The normalized spacial score (nSPS) is 27.7. The molecular formula is C33H40F3N6O10P. The van der Waals surface area contributed by atoms with Gasteiger partial charge < -0.3 is 29.2 Å². The molecule has 2 aliphatic heterocycles. The Morgan fingerprint density at radius 1 is 1.11 bits per heavy atom. The predicted molar refractivity (Wildman–Crippen MR) is 178 cm³/mol. The number of hydrogen-bond acceptors (Lipinski definition) is 14. The van der Waals surface area contributed by atoms with Crippen LogP contribution in [0.2, 0.25) is 0 Å². The largest absolute Gasteiger partial charge is 0.464 e. The van der Waals surface area contributed by atoms with Gasteiger partial charge in [0.05, 0.1) is 18.8 Å².